The van der Waals surface area contributed by atoms with E-state index < -0.39 is 0 Å². The third kappa shape index (κ3) is 5.83. The average Bonchev–Trinajstić information content (AvgIpc) is 2.81. The second kappa shape index (κ2) is 10.4. The summed E-state index contributed by atoms with van der Waals surface area (Å²) in [5.74, 6) is 7.01. The normalized spacial score (nSPS) is 11.7. The number of nitrogens with zero attached hydrogens (tertiary/aromatic N) is 5. The third-order valence-electron chi connectivity index (χ3n) is 3.23. The van der Waals surface area contributed by atoms with Crippen molar-refractivity contribution in [3.05, 3.63) is 11.6 Å². The Morgan fingerprint density at radius 2 is 1.05 bits per heavy atom. The van der Waals surface area contributed by atoms with Crippen molar-refractivity contribution in [3.8, 4) is 0 Å². The van der Waals surface area contributed by atoms with Gasteiger partial charge in [-0.05, 0) is 0 Å². The van der Waals surface area contributed by atoms with Crippen LogP contribution in [0.5, 0.6) is 0 Å². The predicted octanol–water partition coefficient (Wildman–Crippen LogP) is -3.43. The van der Waals surface area contributed by atoms with E-state index in [-0.39, 0.29) is 26.4 Å². The van der Waals surface area contributed by atoms with E-state index in [0.29, 0.717) is 50.9 Å². The molecule has 0 unspecified atom stereocenters. The first kappa shape index (κ1) is 18.7. The number of hydrogen-bond acceptors (Lipinski definition) is 9. The summed E-state index contributed by atoms with van der Waals surface area (Å²) in [5, 5.41) is 44.1. The molecule has 1 heterocycles. The lowest BCUT2D eigenvalue weighted by Gasteiger charge is -2.20. The minimum absolute atomic E-state index is 0.0215. The van der Waals surface area contributed by atoms with E-state index in [0.717, 1.165) is 0 Å². The molecule has 1 aromatic heterocycles. The highest BCUT2D eigenvalue weighted by Gasteiger charge is 2.15. The molecule has 128 valence electrons. The van der Waals surface area contributed by atoms with Gasteiger partial charge in [0.2, 0.25) is 0 Å². The minimum Gasteiger partial charge on any atom is -0.395 e. The number of aromatic nitrogens is 3. The fraction of sp³-hybridized carbons (Fsp3) is 0.833. The summed E-state index contributed by atoms with van der Waals surface area (Å²) in [6.07, 6.45) is 0. The van der Waals surface area contributed by atoms with E-state index in [1.165, 1.54) is 4.68 Å². The predicted molar refractivity (Wildman–Crippen MR) is 79.1 cm³/mol. The number of nitrogen functional groups attached to an aromatic ring is 1. The number of rotatable bonds is 12. The van der Waals surface area contributed by atoms with Crippen molar-refractivity contribution in [1.82, 2.24) is 24.7 Å². The van der Waals surface area contributed by atoms with Gasteiger partial charge in [0.25, 0.3) is 0 Å². The van der Waals surface area contributed by atoms with Crippen LogP contribution < -0.4 is 5.84 Å². The van der Waals surface area contributed by atoms with Crippen LogP contribution in [0, 0.1) is 0 Å². The topological polar surface area (TPSA) is 144 Å². The molecule has 10 nitrogen and oxygen atoms in total. The standard InChI is InChI=1S/C12H26N6O4/c13-18-11(9-16(1-5-19)2-6-20)14-15-12(18)10-17(3-7-21)4-8-22/h19-22H,1-10,13H2. The highest BCUT2D eigenvalue weighted by molar-refractivity contribution is 4.96. The van der Waals surface area contributed by atoms with E-state index in [2.05, 4.69) is 10.2 Å². The second-order valence-electron chi connectivity index (χ2n) is 4.85. The van der Waals surface area contributed by atoms with Crippen LogP contribution in [0.25, 0.3) is 0 Å². The van der Waals surface area contributed by atoms with Crippen molar-refractivity contribution in [2.24, 2.45) is 0 Å². The Labute approximate surface area is 129 Å². The summed E-state index contributed by atoms with van der Waals surface area (Å²) in [6, 6.07) is 0. The Morgan fingerprint density at radius 3 is 1.32 bits per heavy atom. The number of aliphatic hydroxyl groups excluding tert-OH is 4. The summed E-state index contributed by atoms with van der Waals surface area (Å²) in [5.41, 5.74) is 0. The molecule has 1 aromatic rings. The van der Waals surface area contributed by atoms with Gasteiger partial charge in [-0.25, -0.2) is 4.68 Å². The van der Waals surface area contributed by atoms with Crippen LogP contribution in [0.4, 0.5) is 0 Å². The summed E-state index contributed by atoms with van der Waals surface area (Å²) < 4.78 is 1.36. The van der Waals surface area contributed by atoms with Crippen molar-refractivity contribution >= 4 is 0 Å². The van der Waals surface area contributed by atoms with Crippen LogP contribution in [0.1, 0.15) is 11.6 Å². The van der Waals surface area contributed by atoms with Crippen LogP contribution in [0.15, 0.2) is 0 Å². The largest absolute Gasteiger partial charge is 0.395 e. The van der Waals surface area contributed by atoms with Crippen molar-refractivity contribution in [3.63, 3.8) is 0 Å². The molecule has 0 amide bonds. The SMILES string of the molecule is Nn1c(CN(CCO)CCO)nnc1CN(CCO)CCO. The molecule has 1 rings (SSSR count). The van der Waals surface area contributed by atoms with Crippen molar-refractivity contribution in [2.75, 3.05) is 58.4 Å². The molecule has 0 radical (unpaired) electrons. The van der Waals surface area contributed by atoms with Gasteiger partial charge in [-0.15, -0.1) is 10.2 Å². The summed E-state index contributed by atoms with van der Waals surface area (Å²) in [6.45, 7) is 2.27. The molecule has 0 atom stereocenters. The Balaban J connectivity index is 2.70. The van der Waals surface area contributed by atoms with Crippen LogP contribution in [-0.4, -0.2) is 97.7 Å². The molecule has 10 heteroatoms. The van der Waals surface area contributed by atoms with Crippen LogP contribution in [0.3, 0.4) is 0 Å². The lowest BCUT2D eigenvalue weighted by atomic mass is 10.4. The van der Waals surface area contributed by atoms with Gasteiger partial charge in [0.1, 0.15) is 0 Å². The number of hydrogen-bond donors (Lipinski definition) is 5. The molecule has 0 bridgehead atoms. The first-order valence-corrected chi connectivity index (χ1v) is 7.22. The maximum absolute atomic E-state index is 9.00. The van der Waals surface area contributed by atoms with Gasteiger partial charge in [0.15, 0.2) is 11.6 Å². The smallest absolute Gasteiger partial charge is 0.165 e. The van der Waals surface area contributed by atoms with Crippen molar-refractivity contribution in [1.29, 1.82) is 0 Å². The Kier molecular flexibility index (Phi) is 8.89. The van der Waals surface area contributed by atoms with Gasteiger partial charge >= 0.3 is 0 Å². The third-order valence-corrected chi connectivity index (χ3v) is 3.23. The van der Waals surface area contributed by atoms with Gasteiger partial charge < -0.3 is 26.3 Å². The molecular weight excluding hydrogens is 292 g/mol. The number of nitrogens with two attached hydrogens (primary N) is 1. The minimum atomic E-state index is -0.0215. The highest BCUT2D eigenvalue weighted by Crippen LogP contribution is 2.05. The molecule has 0 aliphatic rings. The summed E-state index contributed by atoms with van der Waals surface area (Å²) in [7, 11) is 0. The maximum Gasteiger partial charge on any atom is 0.165 e. The monoisotopic (exact) mass is 318 g/mol. The van der Waals surface area contributed by atoms with E-state index in [1.807, 2.05) is 9.80 Å². The molecule has 0 fully saturated rings. The molecular formula is C12H26N6O4. The molecule has 0 saturated carbocycles. The van der Waals surface area contributed by atoms with Gasteiger partial charge in [0.05, 0.1) is 39.5 Å². The zero-order valence-electron chi connectivity index (χ0n) is 12.7. The number of aliphatic hydroxyl groups is 4. The van der Waals surface area contributed by atoms with Gasteiger partial charge in [-0.1, -0.05) is 0 Å². The fourth-order valence-electron chi connectivity index (χ4n) is 2.08. The van der Waals surface area contributed by atoms with Gasteiger partial charge in [0, 0.05) is 26.2 Å². The zero-order valence-corrected chi connectivity index (χ0v) is 12.7. The highest BCUT2D eigenvalue weighted by atomic mass is 16.3. The van der Waals surface area contributed by atoms with E-state index >= 15 is 0 Å². The zero-order chi connectivity index (χ0) is 16.4. The average molecular weight is 318 g/mol. The molecule has 0 spiro atoms. The van der Waals surface area contributed by atoms with Crippen molar-refractivity contribution < 1.29 is 20.4 Å². The maximum atomic E-state index is 9.00. The molecule has 0 saturated heterocycles. The molecule has 22 heavy (non-hydrogen) atoms. The molecule has 0 aliphatic heterocycles. The Hall–Kier alpha value is -1.30. The molecule has 6 N–H and O–H groups in total. The van der Waals surface area contributed by atoms with Crippen LogP contribution in [-0.2, 0) is 13.1 Å². The lowest BCUT2D eigenvalue weighted by molar-refractivity contribution is 0.150. The van der Waals surface area contributed by atoms with E-state index in [1.54, 1.807) is 0 Å². The quantitative estimate of drug-likeness (QED) is 0.249. The Morgan fingerprint density at radius 1 is 0.727 bits per heavy atom. The second-order valence-corrected chi connectivity index (χ2v) is 4.85. The molecule has 0 aromatic carbocycles. The lowest BCUT2D eigenvalue weighted by Crippen LogP contribution is -2.33. The van der Waals surface area contributed by atoms with Gasteiger partial charge in [-0.2, -0.15) is 0 Å². The first-order chi connectivity index (χ1) is 10.7. The van der Waals surface area contributed by atoms with Crippen molar-refractivity contribution in [2.45, 2.75) is 13.1 Å². The first-order valence-electron chi connectivity index (χ1n) is 7.22. The molecule has 0 aliphatic carbocycles. The van der Waals surface area contributed by atoms with Crippen LogP contribution >= 0.6 is 0 Å². The van der Waals surface area contributed by atoms with Crippen LogP contribution in [0.2, 0.25) is 0 Å². The van der Waals surface area contributed by atoms with Gasteiger partial charge in [-0.3, -0.25) is 9.80 Å². The van der Waals surface area contributed by atoms with E-state index in [4.69, 9.17) is 26.3 Å². The van der Waals surface area contributed by atoms with E-state index in [9.17, 15) is 0 Å². The summed E-state index contributed by atoms with van der Waals surface area (Å²) in [4.78, 5) is 3.63. The Bertz CT molecular complexity index is 369. The fourth-order valence-corrected chi connectivity index (χ4v) is 2.08. The summed E-state index contributed by atoms with van der Waals surface area (Å²) >= 11 is 0.